The Kier molecular flexibility index (Phi) is 4.09. The molecule has 3 nitrogen and oxygen atoms in total. The van der Waals surface area contributed by atoms with E-state index in [9.17, 15) is 18.0 Å². The third kappa shape index (κ3) is 3.70. The van der Waals surface area contributed by atoms with E-state index in [0.717, 1.165) is 25.0 Å². The minimum absolute atomic E-state index is 0.133. The van der Waals surface area contributed by atoms with Crippen molar-refractivity contribution in [3.63, 3.8) is 0 Å². The van der Waals surface area contributed by atoms with Gasteiger partial charge in [-0.2, -0.15) is 13.2 Å². The summed E-state index contributed by atoms with van der Waals surface area (Å²) in [7, 11) is 0. The van der Waals surface area contributed by atoms with E-state index in [1.807, 2.05) is 0 Å². The van der Waals surface area contributed by atoms with E-state index in [0.29, 0.717) is 13.0 Å². The number of ether oxygens (including phenoxy) is 1. The zero-order valence-corrected chi connectivity index (χ0v) is 10.2. The zero-order valence-electron chi connectivity index (χ0n) is 10.2. The number of carbonyl (C=O) groups excluding carboxylic acids is 1. The highest BCUT2D eigenvalue weighted by Gasteiger charge is 2.30. The molecule has 1 aliphatic rings. The SMILES string of the molecule is O=C(Nc1cccc(C(F)(F)F)c1)C1CCCCO1. The number of anilines is 1. The van der Waals surface area contributed by atoms with Crippen molar-refractivity contribution in [3.05, 3.63) is 29.8 Å². The van der Waals surface area contributed by atoms with Crippen molar-refractivity contribution in [3.8, 4) is 0 Å². The molecular formula is C13H14F3NO2. The largest absolute Gasteiger partial charge is 0.416 e. The van der Waals surface area contributed by atoms with Gasteiger partial charge in [0.15, 0.2) is 0 Å². The average Bonchev–Trinajstić information content (AvgIpc) is 2.39. The van der Waals surface area contributed by atoms with Crippen LogP contribution in [-0.4, -0.2) is 18.6 Å². The zero-order chi connectivity index (χ0) is 13.9. The molecule has 104 valence electrons. The number of hydrogen-bond donors (Lipinski definition) is 1. The predicted molar refractivity (Wildman–Crippen MR) is 63.7 cm³/mol. The van der Waals surface area contributed by atoms with Gasteiger partial charge in [0.25, 0.3) is 5.91 Å². The maximum atomic E-state index is 12.5. The van der Waals surface area contributed by atoms with E-state index >= 15 is 0 Å². The first-order chi connectivity index (χ1) is 8.97. The molecule has 1 aliphatic heterocycles. The van der Waals surface area contributed by atoms with Crippen molar-refractivity contribution in [2.24, 2.45) is 0 Å². The van der Waals surface area contributed by atoms with Crippen molar-refractivity contribution < 1.29 is 22.7 Å². The van der Waals surface area contributed by atoms with Gasteiger partial charge in [0, 0.05) is 12.3 Å². The third-order valence-electron chi connectivity index (χ3n) is 2.93. The number of rotatable bonds is 2. The lowest BCUT2D eigenvalue weighted by Crippen LogP contribution is -2.33. The lowest BCUT2D eigenvalue weighted by Gasteiger charge is -2.21. The van der Waals surface area contributed by atoms with Gasteiger partial charge < -0.3 is 10.1 Å². The maximum Gasteiger partial charge on any atom is 0.416 e. The van der Waals surface area contributed by atoms with Crippen LogP contribution < -0.4 is 5.32 Å². The van der Waals surface area contributed by atoms with E-state index in [1.165, 1.54) is 12.1 Å². The molecule has 2 rings (SSSR count). The number of carbonyl (C=O) groups is 1. The van der Waals surface area contributed by atoms with Crippen LogP contribution in [0.5, 0.6) is 0 Å². The number of hydrogen-bond acceptors (Lipinski definition) is 2. The molecule has 1 N–H and O–H groups in total. The lowest BCUT2D eigenvalue weighted by atomic mass is 10.1. The molecule has 19 heavy (non-hydrogen) atoms. The Morgan fingerprint density at radius 2 is 2.11 bits per heavy atom. The number of halogens is 3. The molecule has 1 unspecified atom stereocenters. The molecule has 1 atom stereocenters. The second-order valence-corrected chi connectivity index (χ2v) is 4.42. The molecule has 1 aromatic rings. The molecule has 1 aromatic carbocycles. The monoisotopic (exact) mass is 273 g/mol. The highest BCUT2D eigenvalue weighted by Crippen LogP contribution is 2.30. The molecule has 6 heteroatoms. The number of nitrogens with one attached hydrogen (secondary N) is 1. The van der Waals surface area contributed by atoms with Crippen LogP contribution in [0.3, 0.4) is 0 Å². The van der Waals surface area contributed by atoms with E-state index < -0.39 is 17.8 Å². The normalized spacial score (nSPS) is 20.1. The predicted octanol–water partition coefficient (Wildman–Crippen LogP) is 3.21. The summed E-state index contributed by atoms with van der Waals surface area (Å²) < 4.78 is 42.8. The van der Waals surface area contributed by atoms with Crippen LogP contribution in [0.25, 0.3) is 0 Å². The first-order valence-electron chi connectivity index (χ1n) is 6.06. The third-order valence-corrected chi connectivity index (χ3v) is 2.93. The van der Waals surface area contributed by atoms with Gasteiger partial charge in [0.2, 0.25) is 0 Å². The van der Waals surface area contributed by atoms with Crippen LogP contribution in [-0.2, 0) is 15.7 Å². The molecule has 0 radical (unpaired) electrons. The van der Waals surface area contributed by atoms with Gasteiger partial charge in [-0.1, -0.05) is 6.07 Å². The number of alkyl halides is 3. The fourth-order valence-corrected chi connectivity index (χ4v) is 1.94. The smallest absolute Gasteiger partial charge is 0.368 e. The Labute approximate surface area is 108 Å². The van der Waals surface area contributed by atoms with Gasteiger partial charge in [0.1, 0.15) is 6.10 Å². The molecule has 1 heterocycles. The van der Waals surface area contributed by atoms with Crippen LogP contribution in [0.15, 0.2) is 24.3 Å². The van der Waals surface area contributed by atoms with Crippen molar-refractivity contribution in [1.82, 2.24) is 0 Å². The molecule has 0 aliphatic carbocycles. The summed E-state index contributed by atoms with van der Waals surface area (Å²) in [4.78, 5) is 11.8. The van der Waals surface area contributed by atoms with Gasteiger partial charge >= 0.3 is 6.18 Å². The highest BCUT2D eigenvalue weighted by molar-refractivity contribution is 5.94. The van der Waals surface area contributed by atoms with Gasteiger partial charge in [-0.15, -0.1) is 0 Å². The van der Waals surface area contributed by atoms with Gasteiger partial charge in [-0.05, 0) is 37.5 Å². The quantitative estimate of drug-likeness (QED) is 0.898. The van der Waals surface area contributed by atoms with Crippen molar-refractivity contribution in [1.29, 1.82) is 0 Å². The second-order valence-electron chi connectivity index (χ2n) is 4.42. The minimum Gasteiger partial charge on any atom is -0.368 e. The topological polar surface area (TPSA) is 38.3 Å². The van der Waals surface area contributed by atoms with Crippen LogP contribution >= 0.6 is 0 Å². The summed E-state index contributed by atoms with van der Waals surface area (Å²) in [5.74, 6) is -0.390. The molecule has 0 aromatic heterocycles. The first kappa shape index (κ1) is 13.9. The summed E-state index contributed by atoms with van der Waals surface area (Å²) in [6.45, 7) is 0.515. The Balaban J connectivity index is 2.04. The van der Waals surface area contributed by atoms with E-state index in [4.69, 9.17) is 4.74 Å². The summed E-state index contributed by atoms with van der Waals surface area (Å²) in [6, 6.07) is 4.57. The van der Waals surface area contributed by atoms with Gasteiger partial charge in [0.05, 0.1) is 5.56 Å². The molecule has 0 bridgehead atoms. The molecule has 1 saturated heterocycles. The fourth-order valence-electron chi connectivity index (χ4n) is 1.94. The van der Waals surface area contributed by atoms with Crippen LogP contribution in [0, 0.1) is 0 Å². The maximum absolute atomic E-state index is 12.5. The fraction of sp³-hybridized carbons (Fsp3) is 0.462. The average molecular weight is 273 g/mol. The van der Waals surface area contributed by atoms with Crippen LogP contribution in [0.1, 0.15) is 24.8 Å². The molecular weight excluding hydrogens is 259 g/mol. The number of benzene rings is 1. The standard InChI is InChI=1S/C13H14F3NO2/c14-13(15,16)9-4-3-5-10(8-9)17-12(18)11-6-1-2-7-19-11/h3-5,8,11H,1-2,6-7H2,(H,17,18). The molecule has 0 saturated carbocycles. The Morgan fingerprint density at radius 3 is 2.74 bits per heavy atom. The number of amides is 1. The molecule has 1 amide bonds. The van der Waals surface area contributed by atoms with E-state index in [1.54, 1.807) is 0 Å². The van der Waals surface area contributed by atoms with E-state index in [-0.39, 0.29) is 11.6 Å². The first-order valence-corrected chi connectivity index (χ1v) is 6.06. The Hall–Kier alpha value is -1.56. The summed E-state index contributed by atoms with van der Waals surface area (Å²) in [6.07, 6.45) is -2.58. The van der Waals surface area contributed by atoms with Gasteiger partial charge in [-0.3, -0.25) is 4.79 Å². The summed E-state index contributed by atoms with van der Waals surface area (Å²) in [5, 5.41) is 2.46. The van der Waals surface area contributed by atoms with Crippen LogP contribution in [0.2, 0.25) is 0 Å². The minimum atomic E-state index is -4.41. The lowest BCUT2D eigenvalue weighted by molar-refractivity contribution is -0.137. The second kappa shape index (κ2) is 5.61. The van der Waals surface area contributed by atoms with Crippen molar-refractivity contribution in [2.45, 2.75) is 31.5 Å². The Morgan fingerprint density at radius 1 is 1.32 bits per heavy atom. The van der Waals surface area contributed by atoms with Gasteiger partial charge in [-0.25, -0.2) is 0 Å². The van der Waals surface area contributed by atoms with Crippen LogP contribution in [0.4, 0.5) is 18.9 Å². The molecule has 0 spiro atoms. The summed E-state index contributed by atoms with van der Waals surface area (Å²) >= 11 is 0. The van der Waals surface area contributed by atoms with Crippen molar-refractivity contribution >= 4 is 11.6 Å². The molecule has 1 fully saturated rings. The highest BCUT2D eigenvalue weighted by atomic mass is 19.4. The summed E-state index contributed by atoms with van der Waals surface area (Å²) in [5.41, 5.74) is -0.649. The Bertz CT molecular complexity index is 453. The van der Waals surface area contributed by atoms with E-state index in [2.05, 4.69) is 5.32 Å². The van der Waals surface area contributed by atoms with Crippen molar-refractivity contribution in [2.75, 3.05) is 11.9 Å².